The zero-order valence-corrected chi connectivity index (χ0v) is 18.1. The molecule has 0 aliphatic carbocycles. The third-order valence-corrected chi connectivity index (χ3v) is 5.52. The molecule has 1 aliphatic heterocycles. The molecule has 4 rings (SSSR count). The molecular weight excluding hydrogens is 452 g/mol. The van der Waals surface area contributed by atoms with Gasteiger partial charge in [0.15, 0.2) is 5.75 Å². The zero-order chi connectivity index (χ0) is 24.5. The van der Waals surface area contributed by atoms with Crippen molar-refractivity contribution in [2.24, 2.45) is 0 Å². The molecule has 2 aromatic carbocycles. The van der Waals surface area contributed by atoms with Gasteiger partial charge in [0.1, 0.15) is 42.0 Å². The molecule has 182 valence electrons. The monoisotopic (exact) mass is 476 g/mol. The van der Waals surface area contributed by atoms with Crippen LogP contribution < -0.4 is 19.8 Å². The Morgan fingerprint density at radius 3 is 2.50 bits per heavy atom. The summed E-state index contributed by atoms with van der Waals surface area (Å²) in [6.45, 7) is -1.01. The summed E-state index contributed by atoms with van der Waals surface area (Å²) in [4.78, 5) is 12.4. The summed E-state index contributed by atoms with van der Waals surface area (Å²) in [5.74, 6) is -2.74. The summed E-state index contributed by atoms with van der Waals surface area (Å²) >= 11 is 0. The van der Waals surface area contributed by atoms with Crippen molar-refractivity contribution in [3.05, 3.63) is 58.4 Å². The first kappa shape index (κ1) is 23.8. The van der Waals surface area contributed by atoms with Gasteiger partial charge >= 0.3 is 5.63 Å². The Bertz CT molecular complexity index is 1200. The van der Waals surface area contributed by atoms with Crippen LogP contribution in [-0.2, 0) is 11.3 Å². The third-order valence-electron chi connectivity index (χ3n) is 5.52. The van der Waals surface area contributed by atoms with E-state index in [0.717, 1.165) is 5.56 Å². The van der Waals surface area contributed by atoms with E-state index in [9.17, 15) is 30.3 Å². The zero-order valence-electron chi connectivity index (χ0n) is 18.1. The Kier molecular flexibility index (Phi) is 6.64. The maximum atomic E-state index is 12.4. The molecule has 0 bridgehead atoms. The molecule has 0 spiro atoms. The summed E-state index contributed by atoms with van der Waals surface area (Å²) in [6.07, 6.45) is -4.60. The molecule has 3 aromatic rings. The van der Waals surface area contributed by atoms with E-state index in [2.05, 4.69) is 0 Å². The van der Waals surface area contributed by atoms with Crippen molar-refractivity contribution < 1.29 is 48.9 Å². The van der Waals surface area contributed by atoms with Crippen LogP contribution in [0.4, 0.5) is 0 Å². The van der Waals surface area contributed by atoms with Gasteiger partial charge in [0.25, 0.3) is 5.79 Å². The van der Waals surface area contributed by atoms with Crippen molar-refractivity contribution >= 4 is 11.0 Å². The number of ether oxygens (including phenoxy) is 4. The predicted molar refractivity (Wildman–Crippen MR) is 116 cm³/mol. The fraction of sp³-hybridized carbons (Fsp3) is 0.348. The van der Waals surface area contributed by atoms with Gasteiger partial charge in [0.05, 0.1) is 25.7 Å². The van der Waals surface area contributed by atoms with Crippen LogP contribution in [0.5, 0.6) is 23.0 Å². The van der Waals surface area contributed by atoms with Crippen molar-refractivity contribution in [3.63, 3.8) is 0 Å². The minimum Gasteiger partial charge on any atom is -0.504 e. The molecule has 11 heteroatoms. The number of hydrogen-bond acceptors (Lipinski definition) is 11. The molecule has 11 nitrogen and oxygen atoms in total. The van der Waals surface area contributed by atoms with Crippen LogP contribution in [0.25, 0.3) is 11.0 Å². The lowest BCUT2D eigenvalue weighted by molar-refractivity contribution is -0.322. The normalized spacial score (nSPS) is 24.7. The molecule has 2 heterocycles. The van der Waals surface area contributed by atoms with Gasteiger partial charge in [-0.05, 0) is 29.8 Å². The van der Waals surface area contributed by atoms with Crippen LogP contribution in [0.1, 0.15) is 5.56 Å². The van der Waals surface area contributed by atoms with Gasteiger partial charge in [0, 0.05) is 6.07 Å². The van der Waals surface area contributed by atoms with E-state index in [0.29, 0.717) is 5.75 Å². The van der Waals surface area contributed by atoms with E-state index in [1.54, 1.807) is 31.4 Å². The topological polar surface area (TPSA) is 168 Å². The summed E-state index contributed by atoms with van der Waals surface area (Å²) in [6, 6.07) is 10.8. The molecule has 1 aromatic heterocycles. The predicted octanol–water partition coefficient (Wildman–Crippen LogP) is 0.266. The van der Waals surface area contributed by atoms with Gasteiger partial charge in [-0.3, -0.25) is 0 Å². The number of benzene rings is 2. The highest BCUT2D eigenvalue weighted by Crippen LogP contribution is 2.36. The Morgan fingerprint density at radius 2 is 1.82 bits per heavy atom. The Labute approximate surface area is 192 Å². The van der Waals surface area contributed by atoms with Crippen molar-refractivity contribution in [1.82, 2.24) is 0 Å². The fourth-order valence-electron chi connectivity index (χ4n) is 3.61. The molecular formula is C23H24O11. The van der Waals surface area contributed by atoms with Gasteiger partial charge in [-0.1, -0.05) is 12.1 Å². The highest BCUT2D eigenvalue weighted by molar-refractivity contribution is 5.86. The number of rotatable bonds is 7. The maximum absolute atomic E-state index is 12.4. The molecule has 4 atom stereocenters. The van der Waals surface area contributed by atoms with E-state index in [1.807, 2.05) is 0 Å². The molecule has 34 heavy (non-hydrogen) atoms. The quantitative estimate of drug-likeness (QED) is 0.234. The summed E-state index contributed by atoms with van der Waals surface area (Å²) < 4.78 is 26.4. The van der Waals surface area contributed by atoms with Crippen molar-refractivity contribution in [3.8, 4) is 23.0 Å². The largest absolute Gasteiger partial charge is 0.504 e. The van der Waals surface area contributed by atoms with Crippen molar-refractivity contribution in [2.75, 3.05) is 20.3 Å². The fourth-order valence-corrected chi connectivity index (χ4v) is 3.61. The number of hydrogen-bond donors (Lipinski definition) is 5. The van der Waals surface area contributed by atoms with Crippen molar-refractivity contribution in [1.29, 1.82) is 0 Å². The van der Waals surface area contributed by atoms with Crippen LogP contribution in [0.15, 0.2) is 51.7 Å². The first-order valence-corrected chi connectivity index (χ1v) is 10.3. The Morgan fingerprint density at radius 1 is 1.12 bits per heavy atom. The summed E-state index contributed by atoms with van der Waals surface area (Å²) in [5.41, 5.74) is -0.308. The summed E-state index contributed by atoms with van der Waals surface area (Å²) in [7, 11) is 1.54. The van der Waals surface area contributed by atoms with Gasteiger partial charge < -0.3 is 48.9 Å². The van der Waals surface area contributed by atoms with Crippen LogP contribution in [0.3, 0.4) is 0 Å². The van der Waals surface area contributed by atoms with Crippen LogP contribution in [0.2, 0.25) is 0 Å². The van der Waals surface area contributed by atoms with Gasteiger partial charge in [-0.25, -0.2) is 4.79 Å². The lowest BCUT2D eigenvalue weighted by Crippen LogP contribution is -2.67. The second-order valence-corrected chi connectivity index (χ2v) is 7.73. The second kappa shape index (κ2) is 9.49. The van der Waals surface area contributed by atoms with Crippen LogP contribution >= 0.6 is 0 Å². The van der Waals surface area contributed by atoms with E-state index in [-0.39, 0.29) is 35.7 Å². The van der Waals surface area contributed by atoms with E-state index >= 15 is 0 Å². The number of aromatic hydroxyl groups is 1. The number of methoxy groups -OCH3 is 1. The third kappa shape index (κ3) is 4.39. The van der Waals surface area contributed by atoms with Gasteiger partial charge in [-0.2, -0.15) is 0 Å². The van der Waals surface area contributed by atoms with Gasteiger partial charge in [-0.15, -0.1) is 0 Å². The van der Waals surface area contributed by atoms with Crippen LogP contribution in [0, 0.1) is 0 Å². The standard InChI is InChI=1S/C23H24O11/c1-30-13-4-2-12(3-5-13)10-32-20-19(26)15-7-6-14(8-17(15)33-22(20)28)34-23(29)18(9-24)31-11-16(25)21(23)27/h2-8,16,18,21,24-27,29H,9-11H2,1H3/t16-,18+,21+,23+/m0/s1. The molecule has 0 unspecified atom stereocenters. The molecule has 0 radical (unpaired) electrons. The molecule has 1 fully saturated rings. The average molecular weight is 476 g/mol. The maximum Gasteiger partial charge on any atom is 0.383 e. The number of aliphatic hydroxyl groups is 4. The second-order valence-electron chi connectivity index (χ2n) is 7.73. The SMILES string of the molecule is COc1ccc(COc2c(O)c3ccc(O[C@@]4(O)[C@H](O)[C@@H](O)CO[C@@H]4CO)cc3oc2=O)cc1. The average Bonchev–Trinajstić information content (AvgIpc) is 2.83. The smallest absolute Gasteiger partial charge is 0.383 e. The van der Waals surface area contributed by atoms with Crippen molar-refractivity contribution in [2.45, 2.75) is 30.7 Å². The highest BCUT2D eigenvalue weighted by Gasteiger charge is 2.53. The molecule has 1 saturated heterocycles. The van der Waals surface area contributed by atoms with E-state index in [4.69, 9.17) is 23.4 Å². The number of aliphatic hydroxyl groups excluding tert-OH is 3. The van der Waals surface area contributed by atoms with Gasteiger partial charge in [0.2, 0.25) is 5.75 Å². The Balaban J connectivity index is 1.59. The minimum absolute atomic E-state index is 0.00912. The molecule has 1 aliphatic rings. The summed E-state index contributed by atoms with van der Waals surface area (Å²) in [5, 5.41) is 51.0. The van der Waals surface area contributed by atoms with E-state index < -0.39 is 42.1 Å². The lowest BCUT2D eigenvalue weighted by atomic mass is 9.96. The highest BCUT2D eigenvalue weighted by atomic mass is 16.7. The molecule has 5 N–H and O–H groups in total. The van der Waals surface area contributed by atoms with E-state index in [1.165, 1.54) is 18.2 Å². The first-order valence-electron chi connectivity index (χ1n) is 10.3. The minimum atomic E-state index is -2.48. The van der Waals surface area contributed by atoms with Crippen LogP contribution in [-0.4, -0.2) is 70.0 Å². The Hall–Kier alpha value is -3.35. The first-order chi connectivity index (χ1) is 16.3. The lowest BCUT2D eigenvalue weighted by Gasteiger charge is -2.43. The number of fused-ring (bicyclic) bond motifs is 1. The molecule has 0 saturated carbocycles. The molecule has 0 amide bonds.